The highest BCUT2D eigenvalue weighted by Crippen LogP contribution is 2.47. The molecule has 0 bridgehead atoms. The third-order valence-corrected chi connectivity index (χ3v) is 3.46. The van der Waals surface area contributed by atoms with Gasteiger partial charge in [-0.3, -0.25) is 0 Å². The molecule has 3 N–H and O–H groups in total. The van der Waals surface area contributed by atoms with E-state index in [1.165, 1.54) is 0 Å². The van der Waals surface area contributed by atoms with Crippen molar-refractivity contribution in [2.75, 3.05) is 6.61 Å². The largest absolute Gasteiger partial charge is 0.420 e. The highest BCUT2D eigenvalue weighted by molar-refractivity contribution is 5.02. The summed E-state index contributed by atoms with van der Waals surface area (Å²) < 4.78 is 63.5. The van der Waals surface area contributed by atoms with Crippen molar-refractivity contribution in [3.63, 3.8) is 0 Å². The summed E-state index contributed by atoms with van der Waals surface area (Å²) in [5.74, 6) is -4.96. The molecular formula is C10H15F5O3. The SMILES string of the molecule is OCC1CCC(O)(C(F)(F)C(O)C(F)(F)F)CC1. The van der Waals surface area contributed by atoms with Crippen molar-refractivity contribution in [2.24, 2.45) is 5.92 Å². The van der Waals surface area contributed by atoms with Crippen LogP contribution in [0.25, 0.3) is 0 Å². The van der Waals surface area contributed by atoms with E-state index in [-0.39, 0.29) is 25.4 Å². The highest BCUT2D eigenvalue weighted by Gasteiger charge is 2.65. The molecule has 0 heterocycles. The molecule has 1 fully saturated rings. The number of rotatable bonds is 3. The Balaban J connectivity index is 2.84. The Morgan fingerprint density at radius 3 is 1.89 bits per heavy atom. The Kier molecular flexibility index (Phi) is 4.24. The fourth-order valence-corrected chi connectivity index (χ4v) is 2.13. The van der Waals surface area contributed by atoms with E-state index in [0.29, 0.717) is 0 Å². The second-order valence-electron chi connectivity index (χ2n) is 4.72. The Morgan fingerprint density at radius 2 is 1.56 bits per heavy atom. The predicted octanol–water partition coefficient (Wildman–Crippen LogP) is 1.46. The van der Waals surface area contributed by atoms with Crippen LogP contribution < -0.4 is 0 Å². The minimum atomic E-state index is -5.49. The van der Waals surface area contributed by atoms with E-state index in [1.807, 2.05) is 0 Å². The summed E-state index contributed by atoms with van der Waals surface area (Å²) in [6, 6.07) is 0. The van der Waals surface area contributed by atoms with Crippen molar-refractivity contribution in [1.82, 2.24) is 0 Å². The summed E-state index contributed by atoms with van der Waals surface area (Å²) in [6.45, 7) is -0.260. The zero-order valence-electron chi connectivity index (χ0n) is 9.42. The van der Waals surface area contributed by atoms with Crippen LogP contribution in [0.2, 0.25) is 0 Å². The van der Waals surface area contributed by atoms with Gasteiger partial charge in [-0.15, -0.1) is 0 Å². The van der Waals surface area contributed by atoms with Gasteiger partial charge in [-0.05, 0) is 31.6 Å². The van der Waals surface area contributed by atoms with E-state index in [4.69, 9.17) is 10.2 Å². The molecule has 1 aliphatic rings. The third kappa shape index (κ3) is 2.75. The van der Waals surface area contributed by atoms with Gasteiger partial charge in [0.25, 0.3) is 0 Å². The minimum absolute atomic E-state index is 0.00678. The van der Waals surface area contributed by atoms with E-state index >= 15 is 0 Å². The Hall–Kier alpha value is -0.470. The molecule has 1 saturated carbocycles. The van der Waals surface area contributed by atoms with Gasteiger partial charge in [0.1, 0.15) is 5.60 Å². The van der Waals surface area contributed by atoms with Crippen LogP contribution in [0.15, 0.2) is 0 Å². The molecule has 0 spiro atoms. The van der Waals surface area contributed by atoms with Gasteiger partial charge in [-0.25, -0.2) is 8.78 Å². The maximum atomic E-state index is 13.5. The minimum Gasteiger partial charge on any atom is -0.396 e. The van der Waals surface area contributed by atoms with Gasteiger partial charge >= 0.3 is 12.1 Å². The van der Waals surface area contributed by atoms with E-state index < -0.39 is 36.6 Å². The van der Waals surface area contributed by atoms with Crippen molar-refractivity contribution in [1.29, 1.82) is 0 Å². The van der Waals surface area contributed by atoms with Gasteiger partial charge in [0.05, 0.1) is 0 Å². The van der Waals surface area contributed by atoms with E-state index in [1.54, 1.807) is 0 Å². The van der Waals surface area contributed by atoms with Gasteiger partial charge in [-0.2, -0.15) is 13.2 Å². The lowest BCUT2D eigenvalue weighted by Crippen LogP contribution is -2.60. The monoisotopic (exact) mass is 278 g/mol. The zero-order valence-corrected chi connectivity index (χ0v) is 9.42. The van der Waals surface area contributed by atoms with Crippen LogP contribution in [0.4, 0.5) is 22.0 Å². The van der Waals surface area contributed by atoms with Crippen molar-refractivity contribution in [2.45, 2.75) is 49.5 Å². The lowest BCUT2D eigenvalue weighted by atomic mass is 9.74. The first-order valence-corrected chi connectivity index (χ1v) is 5.50. The molecular weight excluding hydrogens is 263 g/mol. The van der Waals surface area contributed by atoms with Crippen LogP contribution in [0.3, 0.4) is 0 Å². The fraction of sp³-hybridized carbons (Fsp3) is 1.00. The lowest BCUT2D eigenvalue weighted by Gasteiger charge is -2.42. The highest BCUT2D eigenvalue weighted by atomic mass is 19.4. The number of aliphatic hydroxyl groups excluding tert-OH is 2. The van der Waals surface area contributed by atoms with Crippen LogP contribution in [-0.2, 0) is 0 Å². The van der Waals surface area contributed by atoms with Gasteiger partial charge in [-0.1, -0.05) is 0 Å². The van der Waals surface area contributed by atoms with Gasteiger partial charge in [0.2, 0.25) is 6.10 Å². The van der Waals surface area contributed by atoms with Gasteiger partial charge in [0.15, 0.2) is 0 Å². The molecule has 1 rings (SSSR count). The lowest BCUT2D eigenvalue weighted by molar-refractivity contribution is -0.319. The quantitative estimate of drug-likeness (QED) is 0.685. The van der Waals surface area contributed by atoms with Crippen molar-refractivity contribution >= 4 is 0 Å². The van der Waals surface area contributed by atoms with Crippen LogP contribution in [0.1, 0.15) is 25.7 Å². The summed E-state index contributed by atoms with van der Waals surface area (Å²) in [4.78, 5) is 0. The molecule has 0 aromatic carbocycles. The molecule has 1 atom stereocenters. The number of hydrogen-bond acceptors (Lipinski definition) is 3. The number of aliphatic hydroxyl groups is 3. The molecule has 0 saturated heterocycles. The number of halogens is 5. The first-order chi connectivity index (χ1) is 8.04. The molecule has 3 nitrogen and oxygen atoms in total. The van der Waals surface area contributed by atoms with Crippen molar-refractivity contribution < 1.29 is 37.3 Å². The first-order valence-electron chi connectivity index (χ1n) is 5.50. The smallest absolute Gasteiger partial charge is 0.396 e. The van der Waals surface area contributed by atoms with Crippen LogP contribution in [0, 0.1) is 5.92 Å². The standard InChI is InChI=1S/C10H15F5O3/c11-9(12,7(17)10(13,14)15)8(18)3-1-6(5-16)2-4-8/h6-7,16-18H,1-5H2. The third-order valence-electron chi connectivity index (χ3n) is 3.46. The molecule has 0 radical (unpaired) electrons. The maximum Gasteiger partial charge on any atom is 0.420 e. The zero-order chi connectivity index (χ0) is 14.2. The van der Waals surface area contributed by atoms with Gasteiger partial charge < -0.3 is 15.3 Å². The van der Waals surface area contributed by atoms with Crippen molar-refractivity contribution in [3.8, 4) is 0 Å². The number of hydrogen-bond donors (Lipinski definition) is 3. The molecule has 1 aliphatic carbocycles. The van der Waals surface area contributed by atoms with Crippen LogP contribution in [-0.4, -0.2) is 45.7 Å². The Bertz CT molecular complexity index is 284. The molecule has 8 heteroatoms. The second kappa shape index (κ2) is 4.90. The summed E-state index contributed by atoms with van der Waals surface area (Å²) in [5.41, 5.74) is -2.88. The first kappa shape index (κ1) is 15.6. The molecule has 0 aromatic heterocycles. The van der Waals surface area contributed by atoms with E-state index in [9.17, 15) is 27.1 Å². The van der Waals surface area contributed by atoms with Crippen LogP contribution >= 0.6 is 0 Å². The number of alkyl halides is 5. The molecule has 0 amide bonds. The molecule has 108 valence electrons. The predicted molar refractivity (Wildman–Crippen MR) is 51.0 cm³/mol. The summed E-state index contributed by atoms with van der Waals surface area (Å²) >= 11 is 0. The van der Waals surface area contributed by atoms with Gasteiger partial charge in [0, 0.05) is 6.61 Å². The van der Waals surface area contributed by atoms with E-state index in [0.717, 1.165) is 0 Å². The summed E-state index contributed by atoms with van der Waals surface area (Å²) in [6.07, 6.45) is -10.6. The summed E-state index contributed by atoms with van der Waals surface area (Å²) in [5, 5.41) is 27.1. The molecule has 18 heavy (non-hydrogen) atoms. The van der Waals surface area contributed by atoms with Crippen LogP contribution in [0.5, 0.6) is 0 Å². The normalized spacial score (nSPS) is 32.3. The second-order valence-corrected chi connectivity index (χ2v) is 4.72. The Morgan fingerprint density at radius 1 is 1.11 bits per heavy atom. The Labute approximate surface area is 100 Å². The molecule has 0 aliphatic heterocycles. The average Bonchev–Trinajstić information content (AvgIpc) is 2.27. The molecule has 1 unspecified atom stereocenters. The van der Waals surface area contributed by atoms with E-state index in [2.05, 4.69) is 0 Å². The topological polar surface area (TPSA) is 60.7 Å². The summed E-state index contributed by atoms with van der Waals surface area (Å²) in [7, 11) is 0. The van der Waals surface area contributed by atoms with Crippen molar-refractivity contribution in [3.05, 3.63) is 0 Å². The fourth-order valence-electron chi connectivity index (χ4n) is 2.13. The maximum absolute atomic E-state index is 13.5. The molecule has 0 aromatic rings. The average molecular weight is 278 g/mol.